The minimum atomic E-state index is 0.187. The van der Waals surface area contributed by atoms with Crippen molar-refractivity contribution in [2.45, 2.75) is 19.3 Å². The molecule has 0 saturated heterocycles. The van der Waals surface area contributed by atoms with Crippen LogP contribution < -0.4 is 0 Å². The van der Waals surface area contributed by atoms with E-state index in [1.165, 1.54) is 0 Å². The fourth-order valence-electron chi connectivity index (χ4n) is 3.58. The predicted octanol–water partition coefficient (Wildman–Crippen LogP) is 5.63. The molecule has 5 nitrogen and oxygen atoms in total. The van der Waals surface area contributed by atoms with Crippen LogP contribution in [-0.2, 0) is 0 Å². The lowest BCUT2D eigenvalue weighted by Gasteiger charge is -2.09. The Morgan fingerprint density at radius 2 is 1.81 bits per heavy atom. The Kier molecular flexibility index (Phi) is 6.44. The second kappa shape index (κ2) is 9.41. The van der Waals surface area contributed by atoms with Crippen LogP contribution in [-0.4, -0.2) is 45.7 Å². The molecule has 0 aliphatic rings. The van der Waals surface area contributed by atoms with Gasteiger partial charge in [0.1, 0.15) is 0 Å². The van der Waals surface area contributed by atoms with E-state index in [2.05, 4.69) is 14.9 Å². The van der Waals surface area contributed by atoms with E-state index in [9.17, 15) is 4.79 Å². The molecule has 2 heterocycles. The van der Waals surface area contributed by atoms with Crippen LogP contribution in [0.3, 0.4) is 0 Å². The first-order valence-corrected chi connectivity index (χ1v) is 10.8. The molecule has 0 spiro atoms. The molecule has 2 aromatic heterocycles. The Balaban J connectivity index is 1.54. The molecule has 0 atom stereocenters. The summed E-state index contributed by atoms with van der Waals surface area (Å²) in [4.78, 5) is 23.6. The monoisotopic (exact) mass is 432 g/mol. The molecule has 0 bridgehead atoms. The number of ketones is 1. The Labute approximate surface area is 187 Å². The number of halogens is 1. The van der Waals surface area contributed by atoms with Crippen molar-refractivity contribution in [1.29, 1.82) is 0 Å². The first-order chi connectivity index (χ1) is 15.0. The second-order valence-electron chi connectivity index (χ2n) is 7.92. The number of imidazole rings is 1. The predicted molar refractivity (Wildman–Crippen MR) is 126 cm³/mol. The van der Waals surface area contributed by atoms with Gasteiger partial charge in [-0.05, 0) is 45.6 Å². The average Bonchev–Trinajstić information content (AvgIpc) is 3.20. The van der Waals surface area contributed by atoms with E-state index in [0.717, 1.165) is 53.1 Å². The number of benzene rings is 2. The van der Waals surface area contributed by atoms with Crippen LogP contribution in [0.25, 0.3) is 28.2 Å². The summed E-state index contributed by atoms with van der Waals surface area (Å²) in [6.45, 7) is 1.01. The van der Waals surface area contributed by atoms with Gasteiger partial charge in [-0.1, -0.05) is 48.0 Å². The molecule has 31 heavy (non-hydrogen) atoms. The van der Waals surface area contributed by atoms with Gasteiger partial charge in [-0.15, -0.1) is 0 Å². The second-order valence-corrected chi connectivity index (χ2v) is 8.35. The third kappa shape index (κ3) is 5.01. The molecule has 4 rings (SSSR count). The van der Waals surface area contributed by atoms with Crippen LogP contribution in [0, 0.1) is 0 Å². The van der Waals surface area contributed by atoms with Crippen molar-refractivity contribution in [1.82, 2.24) is 19.3 Å². The van der Waals surface area contributed by atoms with Crippen molar-refractivity contribution in [2.75, 3.05) is 20.6 Å². The highest BCUT2D eigenvalue weighted by molar-refractivity contribution is 6.30. The van der Waals surface area contributed by atoms with E-state index in [-0.39, 0.29) is 5.78 Å². The molecule has 0 unspecified atom stereocenters. The van der Waals surface area contributed by atoms with Crippen molar-refractivity contribution in [3.05, 3.63) is 77.7 Å². The van der Waals surface area contributed by atoms with E-state index < -0.39 is 0 Å². The molecular formula is C25H25ClN4O. The lowest BCUT2D eigenvalue weighted by atomic mass is 10.0. The van der Waals surface area contributed by atoms with E-state index in [1.54, 1.807) is 6.20 Å². The van der Waals surface area contributed by atoms with Gasteiger partial charge in [-0.3, -0.25) is 14.2 Å². The summed E-state index contributed by atoms with van der Waals surface area (Å²) in [7, 11) is 4.10. The SMILES string of the molecule is CN(C)CCCCC(=O)c1ccc(-c2cn3c(-c4cccc(Cl)c4)cnc3cn2)cc1. The van der Waals surface area contributed by atoms with Gasteiger partial charge in [0, 0.05) is 34.3 Å². The summed E-state index contributed by atoms with van der Waals surface area (Å²) in [5.74, 6) is 0.187. The summed E-state index contributed by atoms with van der Waals surface area (Å²) < 4.78 is 2.01. The molecule has 158 valence electrons. The Hall–Kier alpha value is -3.02. The highest BCUT2D eigenvalue weighted by Gasteiger charge is 2.10. The minimum Gasteiger partial charge on any atom is -0.309 e. The van der Waals surface area contributed by atoms with Crippen LogP contribution in [0.2, 0.25) is 5.02 Å². The van der Waals surface area contributed by atoms with Crippen LogP contribution >= 0.6 is 11.6 Å². The summed E-state index contributed by atoms with van der Waals surface area (Å²) in [5, 5.41) is 0.684. The number of Topliss-reactive ketones (excluding diaryl/α,β-unsaturated/α-hetero) is 1. The van der Waals surface area contributed by atoms with Gasteiger partial charge in [0.25, 0.3) is 0 Å². The van der Waals surface area contributed by atoms with Gasteiger partial charge >= 0.3 is 0 Å². The average molecular weight is 433 g/mol. The lowest BCUT2D eigenvalue weighted by molar-refractivity contribution is 0.0978. The topological polar surface area (TPSA) is 50.5 Å². The number of fused-ring (bicyclic) bond motifs is 1. The third-order valence-corrected chi connectivity index (χ3v) is 5.51. The summed E-state index contributed by atoms with van der Waals surface area (Å²) in [6, 6.07) is 15.4. The highest BCUT2D eigenvalue weighted by Crippen LogP contribution is 2.26. The van der Waals surface area contributed by atoms with E-state index in [4.69, 9.17) is 11.6 Å². The molecule has 4 aromatic rings. The Bertz CT molecular complexity index is 1200. The maximum atomic E-state index is 12.5. The van der Waals surface area contributed by atoms with Gasteiger partial charge in [0.15, 0.2) is 11.4 Å². The molecule has 0 saturated carbocycles. The van der Waals surface area contributed by atoms with Gasteiger partial charge in [0.2, 0.25) is 0 Å². The summed E-state index contributed by atoms with van der Waals surface area (Å²) in [5.41, 5.74) is 5.23. The minimum absolute atomic E-state index is 0.187. The van der Waals surface area contributed by atoms with Crippen LogP contribution in [0.15, 0.2) is 67.1 Å². The van der Waals surface area contributed by atoms with Crippen LogP contribution in [0.5, 0.6) is 0 Å². The molecule has 0 amide bonds. The lowest BCUT2D eigenvalue weighted by Crippen LogP contribution is -2.13. The zero-order valence-corrected chi connectivity index (χ0v) is 18.5. The number of hydrogen-bond acceptors (Lipinski definition) is 4. The summed E-state index contributed by atoms with van der Waals surface area (Å²) >= 11 is 6.16. The number of aromatic nitrogens is 3. The smallest absolute Gasteiger partial charge is 0.162 e. The molecule has 0 fully saturated rings. The first kappa shape index (κ1) is 21.2. The fourth-order valence-corrected chi connectivity index (χ4v) is 3.77. The molecule has 2 aromatic carbocycles. The van der Waals surface area contributed by atoms with Crippen molar-refractivity contribution in [3.8, 4) is 22.5 Å². The zero-order chi connectivity index (χ0) is 21.8. The number of nitrogens with zero attached hydrogens (tertiary/aromatic N) is 4. The molecule has 0 N–H and O–H groups in total. The van der Waals surface area contributed by atoms with Gasteiger partial charge in [0.05, 0.1) is 23.8 Å². The number of carbonyl (C=O) groups excluding carboxylic acids is 1. The van der Waals surface area contributed by atoms with Crippen LogP contribution in [0.1, 0.15) is 29.6 Å². The normalized spacial score (nSPS) is 11.4. The standard InChI is InChI=1S/C25H25ClN4O/c1-29(2)13-4-3-8-24(31)19-11-9-18(10-12-19)22-17-30-23(15-28-25(30)16-27-22)20-6-5-7-21(26)14-20/h5-7,9-12,14-17H,3-4,8,13H2,1-2H3. The van der Waals surface area contributed by atoms with Crippen molar-refractivity contribution >= 4 is 23.0 Å². The van der Waals surface area contributed by atoms with Gasteiger partial charge < -0.3 is 4.90 Å². The molecule has 0 aliphatic carbocycles. The molecule has 6 heteroatoms. The molecule has 0 aliphatic heterocycles. The quantitative estimate of drug-likeness (QED) is 0.267. The number of carbonyl (C=O) groups is 1. The fraction of sp³-hybridized carbons (Fsp3) is 0.240. The van der Waals surface area contributed by atoms with Crippen molar-refractivity contribution < 1.29 is 4.79 Å². The zero-order valence-electron chi connectivity index (χ0n) is 17.8. The number of hydrogen-bond donors (Lipinski definition) is 0. The van der Waals surface area contributed by atoms with Gasteiger partial charge in [-0.25, -0.2) is 4.98 Å². The highest BCUT2D eigenvalue weighted by atomic mass is 35.5. The van der Waals surface area contributed by atoms with E-state index in [0.29, 0.717) is 11.4 Å². The van der Waals surface area contributed by atoms with E-state index >= 15 is 0 Å². The maximum absolute atomic E-state index is 12.5. The van der Waals surface area contributed by atoms with Crippen LogP contribution in [0.4, 0.5) is 0 Å². The van der Waals surface area contributed by atoms with Crippen molar-refractivity contribution in [3.63, 3.8) is 0 Å². The molecular weight excluding hydrogens is 408 g/mol. The Morgan fingerprint density at radius 1 is 1.00 bits per heavy atom. The summed E-state index contributed by atoms with van der Waals surface area (Å²) in [6.07, 6.45) is 8.06. The van der Waals surface area contributed by atoms with E-state index in [1.807, 2.05) is 79.4 Å². The van der Waals surface area contributed by atoms with Crippen molar-refractivity contribution in [2.24, 2.45) is 0 Å². The number of rotatable bonds is 8. The third-order valence-electron chi connectivity index (χ3n) is 5.28. The molecule has 0 radical (unpaired) electrons. The Morgan fingerprint density at radius 3 is 2.55 bits per heavy atom. The first-order valence-electron chi connectivity index (χ1n) is 10.4. The largest absolute Gasteiger partial charge is 0.309 e. The van der Waals surface area contributed by atoms with Gasteiger partial charge in [-0.2, -0.15) is 0 Å². The number of unbranched alkanes of at least 4 members (excludes halogenated alkanes) is 1. The maximum Gasteiger partial charge on any atom is 0.162 e.